The number of aryl methyl sites for hydroxylation is 1. The normalized spacial score (nSPS) is 18.9. The number of methoxy groups -OCH3 is 1. The number of hydrogen-bond acceptors (Lipinski definition) is 4. The minimum absolute atomic E-state index is 0.0182. The highest BCUT2D eigenvalue weighted by Crippen LogP contribution is 2.28. The lowest BCUT2D eigenvalue weighted by Crippen LogP contribution is -2.45. The summed E-state index contributed by atoms with van der Waals surface area (Å²) in [5.41, 5.74) is 2.79. The van der Waals surface area contributed by atoms with Crippen LogP contribution in [0.4, 0.5) is 4.79 Å². The van der Waals surface area contributed by atoms with Gasteiger partial charge < -0.3 is 19.9 Å². The van der Waals surface area contributed by atoms with Gasteiger partial charge in [-0.2, -0.15) is 5.10 Å². The van der Waals surface area contributed by atoms with Crippen molar-refractivity contribution in [3.63, 3.8) is 0 Å². The molecule has 2 aromatic rings. The largest absolute Gasteiger partial charge is 0.383 e. The molecule has 1 aromatic heterocycles. The number of fused-ring (bicyclic) bond motifs is 1. The number of likely N-dealkylation sites (tertiary alicyclic amines) is 1. The molecule has 172 valence electrons. The van der Waals surface area contributed by atoms with Crippen molar-refractivity contribution < 1.29 is 14.3 Å². The van der Waals surface area contributed by atoms with Gasteiger partial charge in [-0.3, -0.25) is 9.48 Å². The summed E-state index contributed by atoms with van der Waals surface area (Å²) in [6, 6.07) is 12.1. The fraction of sp³-hybridized carbons (Fsp3) is 0.542. The topological polar surface area (TPSA) is 79.7 Å². The van der Waals surface area contributed by atoms with Crippen LogP contribution in [0, 0.1) is 0 Å². The Morgan fingerprint density at radius 2 is 2.03 bits per heavy atom. The lowest BCUT2D eigenvalue weighted by molar-refractivity contribution is 0.0698. The predicted molar refractivity (Wildman–Crippen MR) is 122 cm³/mol. The highest BCUT2D eigenvalue weighted by molar-refractivity contribution is 5.93. The molecule has 1 N–H and O–H groups in total. The number of carbonyl (C=O) groups excluding carboxylic acids is 2. The molecule has 2 aliphatic rings. The van der Waals surface area contributed by atoms with Crippen LogP contribution in [0.3, 0.4) is 0 Å². The van der Waals surface area contributed by atoms with Crippen molar-refractivity contribution >= 4 is 11.9 Å². The summed E-state index contributed by atoms with van der Waals surface area (Å²) < 4.78 is 7.00. The summed E-state index contributed by atoms with van der Waals surface area (Å²) in [5, 5.41) is 7.83. The third-order valence-corrected chi connectivity index (χ3v) is 6.33. The molecule has 0 spiro atoms. The number of urea groups is 1. The predicted octanol–water partition coefficient (Wildman–Crippen LogP) is 2.51. The van der Waals surface area contributed by atoms with E-state index < -0.39 is 0 Å². The zero-order valence-electron chi connectivity index (χ0n) is 18.8. The standard InChI is InChI=1S/C24H33N5O3/c1-32-16-15-27-13-6-14-29-22(23(27)30)17-21(26-29)20-9-5-12-28(18-20)24(31)25-11-10-19-7-3-2-4-8-19/h2-4,7-8,17,20H,5-6,9-16,18H2,1H3,(H,25,31). The maximum Gasteiger partial charge on any atom is 0.317 e. The smallest absolute Gasteiger partial charge is 0.317 e. The van der Waals surface area contributed by atoms with E-state index in [1.165, 1.54) is 5.56 Å². The molecule has 4 rings (SSSR count). The number of ether oxygens (including phenoxy) is 1. The lowest BCUT2D eigenvalue weighted by Gasteiger charge is -2.32. The van der Waals surface area contributed by atoms with Gasteiger partial charge in [0.05, 0.1) is 12.3 Å². The molecule has 1 unspecified atom stereocenters. The molecule has 2 aliphatic heterocycles. The minimum Gasteiger partial charge on any atom is -0.383 e. The van der Waals surface area contributed by atoms with Crippen LogP contribution in [0.2, 0.25) is 0 Å². The number of amides is 3. The quantitative estimate of drug-likeness (QED) is 0.719. The molecule has 1 fully saturated rings. The molecule has 8 heteroatoms. The van der Waals surface area contributed by atoms with E-state index in [4.69, 9.17) is 9.84 Å². The first-order valence-electron chi connectivity index (χ1n) is 11.6. The van der Waals surface area contributed by atoms with Crippen LogP contribution in [0.1, 0.15) is 46.9 Å². The monoisotopic (exact) mass is 439 g/mol. The van der Waals surface area contributed by atoms with Crippen LogP contribution < -0.4 is 5.32 Å². The van der Waals surface area contributed by atoms with E-state index in [1.54, 1.807) is 7.11 Å². The molecule has 3 amide bonds. The molecule has 0 radical (unpaired) electrons. The molecule has 1 atom stereocenters. The molecule has 8 nitrogen and oxygen atoms in total. The average molecular weight is 440 g/mol. The van der Waals surface area contributed by atoms with Gasteiger partial charge >= 0.3 is 6.03 Å². The van der Waals surface area contributed by atoms with E-state index >= 15 is 0 Å². The van der Waals surface area contributed by atoms with E-state index in [-0.39, 0.29) is 17.9 Å². The summed E-state index contributed by atoms with van der Waals surface area (Å²) >= 11 is 0. The van der Waals surface area contributed by atoms with Crippen molar-refractivity contribution in [2.45, 2.75) is 38.1 Å². The summed E-state index contributed by atoms with van der Waals surface area (Å²) in [7, 11) is 1.65. The molecular weight excluding hydrogens is 406 g/mol. The Hall–Kier alpha value is -2.87. The third-order valence-electron chi connectivity index (χ3n) is 6.33. The fourth-order valence-electron chi connectivity index (χ4n) is 4.54. The maximum absolute atomic E-state index is 13.0. The Bertz CT molecular complexity index is 914. The van der Waals surface area contributed by atoms with Crippen molar-refractivity contribution in [2.75, 3.05) is 46.4 Å². The Kier molecular flexibility index (Phi) is 7.42. The molecule has 1 aromatic carbocycles. The zero-order chi connectivity index (χ0) is 22.3. The van der Waals surface area contributed by atoms with E-state index in [2.05, 4.69) is 17.4 Å². The van der Waals surface area contributed by atoms with Gasteiger partial charge in [0.2, 0.25) is 0 Å². The van der Waals surface area contributed by atoms with E-state index in [1.807, 2.05) is 38.7 Å². The van der Waals surface area contributed by atoms with Crippen molar-refractivity contribution in [3.8, 4) is 0 Å². The number of hydrogen-bond donors (Lipinski definition) is 1. The molecule has 3 heterocycles. The van der Waals surface area contributed by atoms with Crippen molar-refractivity contribution in [3.05, 3.63) is 53.3 Å². The van der Waals surface area contributed by atoms with Crippen LogP contribution in [-0.2, 0) is 17.7 Å². The number of nitrogens with zero attached hydrogens (tertiary/aromatic N) is 4. The Labute approximate surface area is 189 Å². The molecule has 0 aliphatic carbocycles. The Balaban J connectivity index is 1.36. The number of rotatable bonds is 7. The van der Waals surface area contributed by atoms with Crippen LogP contribution in [-0.4, -0.2) is 78.0 Å². The summed E-state index contributed by atoms with van der Waals surface area (Å²) in [4.78, 5) is 29.4. The second kappa shape index (κ2) is 10.6. The zero-order valence-corrected chi connectivity index (χ0v) is 18.8. The van der Waals surface area contributed by atoms with E-state index in [9.17, 15) is 9.59 Å². The first kappa shape index (κ1) is 22.3. The first-order chi connectivity index (χ1) is 15.7. The van der Waals surface area contributed by atoms with Gasteiger partial charge in [0, 0.05) is 52.3 Å². The number of benzene rings is 1. The number of carbonyl (C=O) groups is 2. The number of aromatic nitrogens is 2. The summed E-state index contributed by atoms with van der Waals surface area (Å²) in [6.45, 7) is 4.59. The van der Waals surface area contributed by atoms with Crippen LogP contribution >= 0.6 is 0 Å². The lowest BCUT2D eigenvalue weighted by atomic mass is 9.95. The molecular formula is C24H33N5O3. The van der Waals surface area contributed by atoms with E-state index in [0.717, 1.165) is 51.0 Å². The van der Waals surface area contributed by atoms with Crippen molar-refractivity contribution in [1.82, 2.24) is 24.9 Å². The van der Waals surface area contributed by atoms with Gasteiger partial charge in [-0.15, -0.1) is 0 Å². The third kappa shape index (κ3) is 5.30. The van der Waals surface area contributed by atoms with E-state index in [0.29, 0.717) is 31.9 Å². The molecule has 32 heavy (non-hydrogen) atoms. The van der Waals surface area contributed by atoms with Crippen LogP contribution in [0.5, 0.6) is 0 Å². The maximum atomic E-state index is 13.0. The van der Waals surface area contributed by atoms with Gasteiger partial charge in [0.1, 0.15) is 5.69 Å². The fourth-order valence-corrected chi connectivity index (χ4v) is 4.54. The van der Waals surface area contributed by atoms with Crippen molar-refractivity contribution in [2.24, 2.45) is 0 Å². The molecule has 0 saturated carbocycles. The Morgan fingerprint density at radius 1 is 1.19 bits per heavy atom. The number of nitrogens with one attached hydrogen (secondary N) is 1. The second-order valence-corrected chi connectivity index (χ2v) is 8.57. The van der Waals surface area contributed by atoms with Gasteiger partial charge in [0.25, 0.3) is 5.91 Å². The minimum atomic E-state index is -0.0202. The highest BCUT2D eigenvalue weighted by atomic mass is 16.5. The van der Waals surface area contributed by atoms with Gasteiger partial charge in [0.15, 0.2) is 0 Å². The average Bonchev–Trinajstić information content (AvgIpc) is 3.20. The first-order valence-corrected chi connectivity index (χ1v) is 11.6. The van der Waals surface area contributed by atoms with Crippen LogP contribution in [0.15, 0.2) is 36.4 Å². The number of piperidine rings is 1. The Morgan fingerprint density at radius 3 is 2.84 bits per heavy atom. The second-order valence-electron chi connectivity index (χ2n) is 8.57. The van der Waals surface area contributed by atoms with Gasteiger partial charge in [-0.25, -0.2) is 4.79 Å². The molecule has 0 bridgehead atoms. The SMILES string of the molecule is COCCN1CCCn2nc(C3CCCN(C(=O)NCCc4ccccc4)C3)cc2C1=O. The molecule has 1 saturated heterocycles. The van der Waals surface area contributed by atoms with Crippen LogP contribution in [0.25, 0.3) is 0 Å². The van der Waals surface area contributed by atoms with Gasteiger partial charge in [-0.05, 0) is 37.3 Å². The van der Waals surface area contributed by atoms with Gasteiger partial charge in [-0.1, -0.05) is 30.3 Å². The summed E-state index contributed by atoms with van der Waals surface area (Å²) in [6.07, 6.45) is 3.61. The summed E-state index contributed by atoms with van der Waals surface area (Å²) in [5.74, 6) is 0.174. The van der Waals surface area contributed by atoms with Crippen molar-refractivity contribution in [1.29, 1.82) is 0 Å². The highest BCUT2D eigenvalue weighted by Gasteiger charge is 2.30.